The Balaban J connectivity index is 1.97. The van der Waals surface area contributed by atoms with Crippen LogP contribution in [0.25, 0.3) is 0 Å². The monoisotopic (exact) mass is 238 g/mol. The molecule has 1 heterocycles. The van der Waals surface area contributed by atoms with Crippen molar-refractivity contribution in [3.8, 4) is 0 Å². The number of amides is 1. The maximum absolute atomic E-state index is 11.9. The minimum absolute atomic E-state index is 0.0230. The van der Waals surface area contributed by atoms with Gasteiger partial charge in [0.15, 0.2) is 0 Å². The molecule has 18 heavy (non-hydrogen) atoms. The van der Waals surface area contributed by atoms with E-state index >= 15 is 0 Å². The third kappa shape index (κ3) is 2.07. The van der Waals surface area contributed by atoms with Crippen molar-refractivity contribution < 1.29 is 4.79 Å². The van der Waals surface area contributed by atoms with Gasteiger partial charge >= 0.3 is 0 Å². The molecule has 90 valence electrons. The highest BCUT2D eigenvalue weighted by Crippen LogP contribution is 2.31. The van der Waals surface area contributed by atoms with Crippen LogP contribution in [0.5, 0.6) is 0 Å². The molecule has 3 nitrogen and oxygen atoms in total. The van der Waals surface area contributed by atoms with E-state index in [4.69, 9.17) is 0 Å². The maximum Gasteiger partial charge on any atom is 0.226 e. The molecule has 2 N–H and O–H groups in total. The Morgan fingerprint density at radius 2 is 1.56 bits per heavy atom. The van der Waals surface area contributed by atoms with Gasteiger partial charge in [-0.2, -0.15) is 0 Å². The largest absolute Gasteiger partial charge is 0.376 e. The molecule has 1 aliphatic heterocycles. The zero-order chi connectivity index (χ0) is 12.4. The summed E-state index contributed by atoms with van der Waals surface area (Å²) in [4.78, 5) is 11.9. The molecule has 1 amide bonds. The molecule has 1 aliphatic rings. The highest BCUT2D eigenvalue weighted by Gasteiger charge is 2.21. The van der Waals surface area contributed by atoms with E-state index in [9.17, 15) is 4.79 Å². The number of hydrogen-bond donors (Lipinski definition) is 2. The van der Waals surface area contributed by atoms with E-state index < -0.39 is 0 Å². The standard InChI is InChI=1S/C15H14N2O/c18-15-10-14(11-6-2-1-3-7-11)16-12-8-4-5-9-13(12)17-15/h1-9,14,16H,10H2,(H,17,18). The fourth-order valence-corrected chi connectivity index (χ4v) is 2.23. The van der Waals surface area contributed by atoms with Crippen LogP contribution in [-0.2, 0) is 4.79 Å². The average Bonchev–Trinajstić information content (AvgIpc) is 2.57. The predicted octanol–water partition coefficient (Wildman–Crippen LogP) is 3.18. The molecular weight excluding hydrogens is 224 g/mol. The van der Waals surface area contributed by atoms with Crippen molar-refractivity contribution in [3.05, 3.63) is 60.2 Å². The molecule has 3 rings (SSSR count). The lowest BCUT2D eigenvalue weighted by Crippen LogP contribution is -2.15. The summed E-state index contributed by atoms with van der Waals surface area (Å²) in [5.41, 5.74) is 2.95. The van der Waals surface area contributed by atoms with Gasteiger partial charge in [-0.15, -0.1) is 0 Å². The third-order valence-corrected chi connectivity index (χ3v) is 3.12. The Bertz CT molecular complexity index is 566. The lowest BCUT2D eigenvalue weighted by Gasteiger charge is -2.17. The quantitative estimate of drug-likeness (QED) is 0.801. The van der Waals surface area contributed by atoms with E-state index in [1.54, 1.807) is 0 Å². The number of nitrogens with one attached hydrogen (secondary N) is 2. The maximum atomic E-state index is 11.9. The molecule has 2 aromatic carbocycles. The number of carbonyl (C=O) groups excluding carboxylic acids is 1. The fourth-order valence-electron chi connectivity index (χ4n) is 2.23. The smallest absolute Gasteiger partial charge is 0.226 e. The minimum Gasteiger partial charge on any atom is -0.376 e. The fraction of sp³-hybridized carbons (Fsp3) is 0.133. The van der Waals surface area contributed by atoms with Gasteiger partial charge in [-0.05, 0) is 17.7 Å². The number of hydrogen-bond acceptors (Lipinski definition) is 2. The summed E-state index contributed by atoms with van der Waals surface area (Å²) in [5, 5.41) is 6.34. The van der Waals surface area contributed by atoms with Crippen molar-refractivity contribution in [3.63, 3.8) is 0 Å². The van der Waals surface area contributed by atoms with Crippen LogP contribution in [0.4, 0.5) is 11.4 Å². The van der Waals surface area contributed by atoms with Crippen molar-refractivity contribution in [2.45, 2.75) is 12.5 Å². The summed E-state index contributed by atoms with van der Waals surface area (Å²) < 4.78 is 0. The molecule has 0 radical (unpaired) electrons. The van der Waals surface area contributed by atoms with Gasteiger partial charge in [0.2, 0.25) is 5.91 Å². The third-order valence-electron chi connectivity index (χ3n) is 3.12. The Labute approximate surface area is 106 Å². The highest BCUT2D eigenvalue weighted by atomic mass is 16.1. The van der Waals surface area contributed by atoms with E-state index in [-0.39, 0.29) is 11.9 Å². The van der Waals surface area contributed by atoms with E-state index in [0.717, 1.165) is 16.9 Å². The molecule has 0 saturated carbocycles. The molecule has 0 spiro atoms. The zero-order valence-corrected chi connectivity index (χ0v) is 9.89. The average molecular weight is 238 g/mol. The second kappa shape index (κ2) is 4.53. The van der Waals surface area contributed by atoms with Crippen LogP contribution in [-0.4, -0.2) is 5.91 Å². The van der Waals surface area contributed by atoms with Gasteiger partial charge in [0, 0.05) is 0 Å². The highest BCUT2D eigenvalue weighted by molar-refractivity contribution is 5.96. The van der Waals surface area contributed by atoms with Crippen LogP contribution in [0.15, 0.2) is 54.6 Å². The van der Waals surface area contributed by atoms with Crippen molar-refractivity contribution in [1.29, 1.82) is 0 Å². The number of anilines is 2. The predicted molar refractivity (Wildman–Crippen MR) is 72.5 cm³/mol. The summed E-state index contributed by atoms with van der Waals surface area (Å²) in [5.74, 6) is 0.0429. The molecule has 1 atom stereocenters. The molecule has 0 aromatic heterocycles. The first-order valence-corrected chi connectivity index (χ1v) is 6.03. The van der Waals surface area contributed by atoms with Crippen LogP contribution < -0.4 is 10.6 Å². The first kappa shape index (κ1) is 10.8. The number of carbonyl (C=O) groups is 1. The van der Waals surface area contributed by atoms with Crippen molar-refractivity contribution in [2.75, 3.05) is 10.6 Å². The van der Waals surface area contributed by atoms with Crippen LogP contribution in [0.1, 0.15) is 18.0 Å². The van der Waals surface area contributed by atoms with E-state index in [1.807, 2.05) is 54.6 Å². The molecular formula is C15H14N2O. The van der Waals surface area contributed by atoms with Crippen LogP contribution >= 0.6 is 0 Å². The normalized spacial score (nSPS) is 18.2. The number of fused-ring (bicyclic) bond motifs is 1. The Morgan fingerprint density at radius 1 is 0.889 bits per heavy atom. The summed E-state index contributed by atoms with van der Waals surface area (Å²) in [6.45, 7) is 0. The molecule has 2 aromatic rings. The topological polar surface area (TPSA) is 41.1 Å². The first-order chi connectivity index (χ1) is 8.83. The molecule has 0 saturated heterocycles. The van der Waals surface area contributed by atoms with Crippen molar-refractivity contribution in [2.24, 2.45) is 0 Å². The summed E-state index contributed by atoms with van der Waals surface area (Å²) in [7, 11) is 0. The summed E-state index contributed by atoms with van der Waals surface area (Å²) in [6, 6.07) is 17.8. The summed E-state index contributed by atoms with van der Waals surface area (Å²) >= 11 is 0. The van der Waals surface area contributed by atoms with E-state index in [2.05, 4.69) is 10.6 Å². The van der Waals surface area contributed by atoms with Gasteiger partial charge in [-0.3, -0.25) is 4.79 Å². The lowest BCUT2D eigenvalue weighted by atomic mass is 10.0. The van der Waals surface area contributed by atoms with Gasteiger partial charge in [0.05, 0.1) is 23.8 Å². The van der Waals surface area contributed by atoms with Crippen LogP contribution in [0.3, 0.4) is 0 Å². The Hall–Kier alpha value is -2.29. The van der Waals surface area contributed by atoms with Crippen LogP contribution in [0, 0.1) is 0 Å². The van der Waals surface area contributed by atoms with Crippen molar-refractivity contribution in [1.82, 2.24) is 0 Å². The first-order valence-electron chi connectivity index (χ1n) is 6.03. The second-order valence-corrected chi connectivity index (χ2v) is 4.41. The SMILES string of the molecule is O=C1CC(c2ccccc2)Nc2ccccc2N1. The molecule has 1 unspecified atom stereocenters. The van der Waals surface area contributed by atoms with Gasteiger partial charge in [-0.25, -0.2) is 0 Å². The second-order valence-electron chi connectivity index (χ2n) is 4.41. The lowest BCUT2D eigenvalue weighted by molar-refractivity contribution is -0.116. The Morgan fingerprint density at radius 3 is 2.33 bits per heavy atom. The molecule has 3 heteroatoms. The number of benzene rings is 2. The van der Waals surface area contributed by atoms with Crippen molar-refractivity contribution >= 4 is 17.3 Å². The number of para-hydroxylation sites is 2. The molecule has 0 bridgehead atoms. The molecule has 0 fully saturated rings. The van der Waals surface area contributed by atoms with Crippen LogP contribution in [0.2, 0.25) is 0 Å². The van der Waals surface area contributed by atoms with E-state index in [0.29, 0.717) is 6.42 Å². The van der Waals surface area contributed by atoms with E-state index in [1.165, 1.54) is 0 Å². The number of rotatable bonds is 1. The molecule has 0 aliphatic carbocycles. The van der Waals surface area contributed by atoms with Gasteiger partial charge in [0.1, 0.15) is 0 Å². The Kier molecular flexibility index (Phi) is 2.73. The van der Waals surface area contributed by atoms with Gasteiger partial charge in [0.25, 0.3) is 0 Å². The summed E-state index contributed by atoms with van der Waals surface area (Å²) in [6.07, 6.45) is 0.443. The zero-order valence-electron chi connectivity index (χ0n) is 9.89. The van der Waals surface area contributed by atoms with Gasteiger partial charge in [-0.1, -0.05) is 42.5 Å². The van der Waals surface area contributed by atoms with Gasteiger partial charge < -0.3 is 10.6 Å². The minimum atomic E-state index is 0.0230.